The van der Waals surface area contributed by atoms with E-state index in [1.165, 1.54) is 16.9 Å². The summed E-state index contributed by atoms with van der Waals surface area (Å²) < 4.78 is 11.7. The fraction of sp³-hybridized carbons (Fsp3) is 0.250. The molecule has 0 fully saturated rings. The number of methoxy groups -OCH3 is 1. The van der Waals surface area contributed by atoms with E-state index in [4.69, 9.17) is 9.47 Å². The Labute approximate surface area is 171 Å². The zero-order valence-corrected chi connectivity index (χ0v) is 16.5. The van der Waals surface area contributed by atoms with E-state index in [1.54, 1.807) is 19.5 Å². The van der Waals surface area contributed by atoms with Crippen molar-refractivity contribution in [3.05, 3.63) is 54.2 Å². The highest BCUT2D eigenvalue weighted by Gasteiger charge is 2.28. The fourth-order valence-corrected chi connectivity index (χ4v) is 4.54. The maximum absolute atomic E-state index is 12.9. The Hall–Kier alpha value is -3.17. The first-order chi connectivity index (χ1) is 14.2. The highest BCUT2D eigenvalue weighted by Crippen LogP contribution is 2.38. The third kappa shape index (κ3) is 3.18. The number of anilines is 1. The van der Waals surface area contributed by atoms with E-state index in [2.05, 4.69) is 26.7 Å². The van der Waals surface area contributed by atoms with Crippen LogP contribution in [0.25, 0.3) is 15.8 Å². The number of fused-ring (bicyclic) bond motifs is 2. The number of hydrogen-bond donors (Lipinski definition) is 2. The lowest BCUT2D eigenvalue weighted by Gasteiger charge is -2.24. The molecule has 1 amide bonds. The summed E-state index contributed by atoms with van der Waals surface area (Å²) in [5, 5.41) is 6.60. The highest BCUT2D eigenvalue weighted by molar-refractivity contribution is 7.22. The van der Waals surface area contributed by atoms with Gasteiger partial charge in [0.2, 0.25) is 5.88 Å². The van der Waals surface area contributed by atoms with Crippen LogP contribution in [0.3, 0.4) is 0 Å². The molecule has 9 heteroatoms. The van der Waals surface area contributed by atoms with Gasteiger partial charge in [0.1, 0.15) is 17.4 Å². The third-order valence-electron chi connectivity index (χ3n) is 4.96. The lowest BCUT2D eigenvalue weighted by molar-refractivity contribution is -0.114. The molecule has 2 aromatic heterocycles. The van der Waals surface area contributed by atoms with Crippen LogP contribution in [-0.4, -0.2) is 47.3 Å². The van der Waals surface area contributed by atoms with Crippen molar-refractivity contribution in [1.82, 2.24) is 20.2 Å². The van der Waals surface area contributed by atoms with E-state index in [1.807, 2.05) is 29.3 Å². The molecule has 3 aliphatic rings. The van der Waals surface area contributed by atoms with E-state index in [-0.39, 0.29) is 12.1 Å². The summed E-state index contributed by atoms with van der Waals surface area (Å²) in [5.74, 6) is 0.219. The minimum atomic E-state index is -0.224. The van der Waals surface area contributed by atoms with Crippen molar-refractivity contribution >= 4 is 38.2 Å². The number of thiazole rings is 1. The fourth-order valence-electron chi connectivity index (χ4n) is 3.54. The van der Waals surface area contributed by atoms with Gasteiger partial charge in [0.05, 0.1) is 25.0 Å². The molecule has 0 aliphatic carbocycles. The van der Waals surface area contributed by atoms with Gasteiger partial charge >= 0.3 is 0 Å². The number of amides is 1. The number of aromatic nitrogens is 2. The van der Waals surface area contributed by atoms with Crippen LogP contribution >= 0.6 is 11.3 Å². The average Bonchev–Trinajstić information content (AvgIpc) is 3.38. The molecule has 0 bridgehead atoms. The zero-order valence-electron chi connectivity index (χ0n) is 15.7. The molecule has 5 rings (SSSR count). The maximum atomic E-state index is 12.9. The molecule has 29 heavy (non-hydrogen) atoms. The van der Waals surface area contributed by atoms with E-state index in [0.717, 1.165) is 16.7 Å². The van der Waals surface area contributed by atoms with Crippen LogP contribution in [0.5, 0.6) is 5.88 Å². The molecule has 3 aliphatic heterocycles. The van der Waals surface area contributed by atoms with Crippen LogP contribution in [-0.2, 0) is 9.53 Å². The van der Waals surface area contributed by atoms with Crippen molar-refractivity contribution in [2.45, 2.75) is 12.6 Å². The van der Waals surface area contributed by atoms with Crippen LogP contribution in [0.4, 0.5) is 5.13 Å². The summed E-state index contributed by atoms with van der Waals surface area (Å²) in [4.78, 5) is 23.7. The minimum absolute atomic E-state index is 0.0347. The molecule has 0 aromatic carbocycles. The number of carbonyl (C=O) groups is 1. The molecule has 0 saturated carbocycles. The van der Waals surface area contributed by atoms with E-state index in [9.17, 15) is 4.79 Å². The van der Waals surface area contributed by atoms with Gasteiger partial charge in [-0.1, -0.05) is 23.5 Å². The van der Waals surface area contributed by atoms with Crippen molar-refractivity contribution in [3.8, 4) is 5.88 Å². The molecule has 1 atom stereocenters. The molecule has 0 radical (unpaired) electrons. The predicted molar refractivity (Wildman–Crippen MR) is 111 cm³/mol. The van der Waals surface area contributed by atoms with E-state index < -0.39 is 0 Å². The Morgan fingerprint density at radius 3 is 3.21 bits per heavy atom. The van der Waals surface area contributed by atoms with Gasteiger partial charge in [-0.05, 0) is 24.1 Å². The molecule has 2 aromatic rings. The SMILES string of the molecule is COc1ncc(C2=CCOCC2)c2sc(NC(=O)C3=CNC4C=CC=CN34)nc12. The van der Waals surface area contributed by atoms with Gasteiger partial charge in [0.25, 0.3) is 5.91 Å². The summed E-state index contributed by atoms with van der Waals surface area (Å²) in [6, 6.07) is 0. The maximum Gasteiger partial charge on any atom is 0.275 e. The predicted octanol–water partition coefficient (Wildman–Crippen LogP) is 2.60. The van der Waals surface area contributed by atoms with Gasteiger partial charge in [-0.2, -0.15) is 0 Å². The van der Waals surface area contributed by atoms with Crippen molar-refractivity contribution in [2.24, 2.45) is 0 Å². The van der Waals surface area contributed by atoms with Gasteiger partial charge in [-0.15, -0.1) is 0 Å². The minimum Gasteiger partial charge on any atom is -0.479 e. The summed E-state index contributed by atoms with van der Waals surface area (Å²) in [7, 11) is 1.57. The molecule has 1 unspecified atom stereocenters. The molecule has 8 nitrogen and oxygen atoms in total. The van der Waals surface area contributed by atoms with Crippen molar-refractivity contribution in [3.63, 3.8) is 0 Å². The Balaban J connectivity index is 1.46. The van der Waals surface area contributed by atoms with Gasteiger partial charge < -0.3 is 19.7 Å². The number of hydrogen-bond acceptors (Lipinski definition) is 8. The van der Waals surface area contributed by atoms with Gasteiger partial charge in [-0.3, -0.25) is 10.1 Å². The lowest BCUT2D eigenvalue weighted by atomic mass is 10.0. The summed E-state index contributed by atoms with van der Waals surface area (Å²) in [6.07, 6.45) is 14.1. The number of pyridine rings is 1. The van der Waals surface area contributed by atoms with Crippen LogP contribution in [0.15, 0.2) is 48.6 Å². The highest BCUT2D eigenvalue weighted by atomic mass is 32.1. The normalized spacial score (nSPS) is 20.2. The second kappa shape index (κ2) is 7.34. The zero-order chi connectivity index (χ0) is 19.8. The lowest BCUT2D eigenvalue weighted by Crippen LogP contribution is -2.35. The molecular formula is C20H19N5O3S. The van der Waals surface area contributed by atoms with Crippen molar-refractivity contribution in [1.29, 1.82) is 0 Å². The topological polar surface area (TPSA) is 88.6 Å². The third-order valence-corrected chi connectivity index (χ3v) is 5.96. The Bertz CT molecular complexity index is 1100. The molecule has 5 heterocycles. The van der Waals surface area contributed by atoms with E-state index in [0.29, 0.717) is 35.4 Å². The van der Waals surface area contributed by atoms with Crippen LogP contribution < -0.4 is 15.4 Å². The Morgan fingerprint density at radius 1 is 1.45 bits per heavy atom. The standard InChI is InChI=1S/C20H19N5O3S/c1-27-19-16-17(13(10-22-19)12-5-8-28-9-6-12)29-20(23-16)24-18(26)14-11-21-15-4-2-3-7-25(14)15/h2-5,7,10-11,15,21H,6,8-9H2,1H3,(H,23,24,26). The van der Waals surface area contributed by atoms with Gasteiger partial charge in [0.15, 0.2) is 5.13 Å². The van der Waals surface area contributed by atoms with Crippen LogP contribution in [0.1, 0.15) is 12.0 Å². The second-order valence-electron chi connectivity index (χ2n) is 6.66. The first-order valence-corrected chi connectivity index (χ1v) is 10.1. The largest absolute Gasteiger partial charge is 0.479 e. The number of allylic oxidation sites excluding steroid dienone is 2. The van der Waals surface area contributed by atoms with Crippen LogP contribution in [0.2, 0.25) is 0 Å². The second-order valence-corrected chi connectivity index (χ2v) is 7.66. The van der Waals surface area contributed by atoms with Gasteiger partial charge in [-0.25, -0.2) is 9.97 Å². The van der Waals surface area contributed by atoms with Crippen molar-refractivity contribution < 1.29 is 14.3 Å². The molecule has 0 saturated heterocycles. The molecule has 148 valence electrons. The Morgan fingerprint density at radius 2 is 2.38 bits per heavy atom. The summed E-state index contributed by atoms with van der Waals surface area (Å²) in [6.45, 7) is 1.27. The number of nitrogens with zero attached hydrogens (tertiary/aromatic N) is 3. The average molecular weight is 409 g/mol. The van der Waals surface area contributed by atoms with Crippen molar-refractivity contribution in [2.75, 3.05) is 25.6 Å². The number of carbonyl (C=O) groups excluding carboxylic acids is 1. The monoisotopic (exact) mass is 409 g/mol. The number of rotatable bonds is 4. The molecular weight excluding hydrogens is 390 g/mol. The number of ether oxygens (including phenoxy) is 2. The molecule has 0 spiro atoms. The van der Waals surface area contributed by atoms with Gasteiger partial charge in [0, 0.05) is 24.2 Å². The summed E-state index contributed by atoms with van der Waals surface area (Å²) in [5.41, 5.74) is 3.36. The number of nitrogens with one attached hydrogen (secondary N) is 2. The quantitative estimate of drug-likeness (QED) is 0.802. The van der Waals surface area contributed by atoms with E-state index >= 15 is 0 Å². The first kappa shape index (κ1) is 17.9. The smallest absolute Gasteiger partial charge is 0.275 e. The first-order valence-electron chi connectivity index (χ1n) is 9.26. The van der Waals surface area contributed by atoms with Crippen LogP contribution in [0, 0.1) is 0 Å². The molecule has 2 N–H and O–H groups in total. The summed E-state index contributed by atoms with van der Waals surface area (Å²) >= 11 is 1.42. The Kier molecular flexibility index (Phi) is 4.53.